The van der Waals surface area contributed by atoms with Crippen molar-refractivity contribution in [3.63, 3.8) is 0 Å². The van der Waals surface area contributed by atoms with E-state index in [1.54, 1.807) is 30.3 Å². The van der Waals surface area contributed by atoms with Gasteiger partial charge in [-0.15, -0.1) is 11.3 Å². The Bertz CT molecular complexity index is 1070. The van der Waals surface area contributed by atoms with Crippen molar-refractivity contribution in [2.45, 2.75) is 19.1 Å². The lowest BCUT2D eigenvalue weighted by Gasteiger charge is -2.33. The lowest BCUT2D eigenvalue weighted by Crippen LogP contribution is -2.46. The van der Waals surface area contributed by atoms with Gasteiger partial charge >= 0.3 is 5.97 Å². The highest BCUT2D eigenvalue weighted by molar-refractivity contribution is 7.18. The first-order chi connectivity index (χ1) is 12.9. The van der Waals surface area contributed by atoms with Gasteiger partial charge in [0, 0.05) is 0 Å². The number of anilines is 1. The summed E-state index contributed by atoms with van der Waals surface area (Å²) in [6.07, 6.45) is -1.58. The molecular weight excluding hydrogens is 395 g/mol. The van der Waals surface area contributed by atoms with Crippen LogP contribution in [0.1, 0.15) is 11.4 Å². The minimum atomic E-state index is -1.13. The molecule has 27 heavy (non-hydrogen) atoms. The maximum Gasteiger partial charge on any atom is 0.307 e. The van der Waals surface area contributed by atoms with Crippen LogP contribution in [0, 0.1) is 5.82 Å². The van der Waals surface area contributed by atoms with Crippen molar-refractivity contribution in [1.82, 2.24) is 4.98 Å². The first-order valence-electron chi connectivity index (χ1n) is 7.96. The summed E-state index contributed by atoms with van der Waals surface area (Å²) in [7, 11) is 0. The summed E-state index contributed by atoms with van der Waals surface area (Å²) in [5.41, 5.74) is 0.667. The second kappa shape index (κ2) is 6.79. The van der Waals surface area contributed by atoms with Crippen LogP contribution in [0.3, 0.4) is 0 Å². The van der Waals surface area contributed by atoms with E-state index in [-0.39, 0.29) is 17.1 Å². The van der Waals surface area contributed by atoms with Gasteiger partial charge in [-0.05, 0) is 24.3 Å². The van der Waals surface area contributed by atoms with Gasteiger partial charge in [-0.2, -0.15) is 0 Å². The molecule has 0 spiro atoms. The summed E-state index contributed by atoms with van der Waals surface area (Å²) in [5, 5.41) is 9.53. The number of nitrogens with zero attached hydrogens (tertiary/aromatic N) is 2. The quantitative estimate of drug-likeness (QED) is 0.711. The molecule has 1 N–H and O–H groups in total. The number of hydrogen-bond donors (Lipinski definition) is 1. The second-order valence-corrected chi connectivity index (χ2v) is 7.43. The molecule has 2 aromatic carbocycles. The van der Waals surface area contributed by atoms with Crippen molar-refractivity contribution in [1.29, 1.82) is 0 Å². The predicted molar refractivity (Wildman–Crippen MR) is 98.9 cm³/mol. The number of carboxylic acid groups (broad SMARTS) is 1. The van der Waals surface area contributed by atoms with Crippen LogP contribution in [0.15, 0.2) is 36.4 Å². The third kappa shape index (κ3) is 3.22. The fourth-order valence-corrected chi connectivity index (χ4v) is 4.02. The van der Waals surface area contributed by atoms with Crippen molar-refractivity contribution in [3.8, 4) is 5.75 Å². The standard InChI is InChI=1S/C18H12ClFN2O4S/c19-9-5-6-13-17(16(9)20)21-14(27-13)8-22-10-3-1-2-4-11(10)26-12(18(22)25)7-15(23)24/h1-6,12H,7-8H2,(H,23,24). The monoisotopic (exact) mass is 406 g/mol. The van der Waals surface area contributed by atoms with Gasteiger partial charge in [0.2, 0.25) is 0 Å². The van der Waals surface area contributed by atoms with Gasteiger partial charge in [0.1, 0.15) is 16.3 Å². The number of thiazole rings is 1. The van der Waals surface area contributed by atoms with Crippen LogP contribution in [-0.2, 0) is 16.1 Å². The first-order valence-corrected chi connectivity index (χ1v) is 9.16. The Morgan fingerprint density at radius 1 is 1.33 bits per heavy atom. The molecule has 0 saturated heterocycles. The number of amides is 1. The van der Waals surface area contributed by atoms with E-state index < -0.39 is 30.2 Å². The minimum absolute atomic E-state index is 0.0198. The van der Waals surface area contributed by atoms with Crippen molar-refractivity contribution in [3.05, 3.63) is 52.2 Å². The van der Waals surface area contributed by atoms with Crippen LogP contribution in [0.5, 0.6) is 5.75 Å². The van der Waals surface area contributed by atoms with Crippen molar-refractivity contribution >= 4 is 50.7 Å². The maximum absolute atomic E-state index is 14.2. The Kier molecular flexibility index (Phi) is 4.45. The maximum atomic E-state index is 14.2. The molecule has 3 aromatic rings. The molecule has 0 radical (unpaired) electrons. The zero-order valence-corrected chi connectivity index (χ0v) is 15.3. The molecule has 0 saturated carbocycles. The zero-order valence-electron chi connectivity index (χ0n) is 13.7. The number of aromatic nitrogens is 1. The normalized spacial score (nSPS) is 16.3. The summed E-state index contributed by atoms with van der Waals surface area (Å²) in [4.78, 5) is 29.5. The molecule has 1 amide bonds. The highest BCUT2D eigenvalue weighted by atomic mass is 35.5. The van der Waals surface area contributed by atoms with Gasteiger partial charge in [-0.25, -0.2) is 9.37 Å². The Labute approximate surface area is 161 Å². The highest BCUT2D eigenvalue weighted by Crippen LogP contribution is 2.37. The number of carbonyl (C=O) groups excluding carboxylic acids is 1. The van der Waals surface area contributed by atoms with E-state index in [4.69, 9.17) is 21.4 Å². The van der Waals surface area contributed by atoms with E-state index >= 15 is 0 Å². The molecule has 6 nitrogen and oxygen atoms in total. The van der Waals surface area contributed by atoms with E-state index in [0.29, 0.717) is 21.1 Å². The summed E-state index contributed by atoms with van der Waals surface area (Å²) in [6.45, 7) is 0.0751. The molecule has 1 aliphatic heterocycles. The van der Waals surface area contributed by atoms with Crippen LogP contribution in [0.25, 0.3) is 10.2 Å². The number of halogens is 2. The number of para-hydroxylation sites is 2. The van der Waals surface area contributed by atoms with Gasteiger partial charge in [0.15, 0.2) is 11.9 Å². The van der Waals surface area contributed by atoms with Gasteiger partial charge in [0.05, 0.1) is 28.4 Å². The molecule has 2 heterocycles. The molecule has 9 heteroatoms. The molecule has 0 aliphatic carbocycles. The van der Waals surface area contributed by atoms with Crippen LogP contribution in [0.2, 0.25) is 5.02 Å². The van der Waals surface area contributed by atoms with Crippen LogP contribution in [0.4, 0.5) is 10.1 Å². The van der Waals surface area contributed by atoms with Crippen LogP contribution in [-0.4, -0.2) is 28.1 Å². The SMILES string of the molecule is O=C(O)CC1Oc2ccccc2N(Cc2nc3c(F)c(Cl)ccc3s2)C1=O. The van der Waals surface area contributed by atoms with E-state index in [0.717, 1.165) is 0 Å². The zero-order chi connectivity index (χ0) is 19.1. The molecule has 1 unspecified atom stereocenters. The number of carboxylic acids is 1. The third-order valence-electron chi connectivity index (χ3n) is 4.12. The largest absolute Gasteiger partial charge is 0.481 e. The lowest BCUT2D eigenvalue weighted by molar-refractivity contribution is -0.142. The molecule has 4 rings (SSSR count). The number of carbonyl (C=O) groups is 2. The number of fused-ring (bicyclic) bond motifs is 2. The number of hydrogen-bond acceptors (Lipinski definition) is 5. The summed E-state index contributed by atoms with van der Waals surface area (Å²) < 4.78 is 20.3. The number of benzene rings is 2. The average molecular weight is 407 g/mol. The van der Waals surface area contributed by atoms with Gasteiger partial charge in [-0.1, -0.05) is 23.7 Å². The molecule has 1 atom stereocenters. The molecule has 1 aliphatic rings. The van der Waals surface area contributed by atoms with E-state index in [2.05, 4.69) is 4.98 Å². The fraction of sp³-hybridized carbons (Fsp3) is 0.167. The topological polar surface area (TPSA) is 79.7 Å². The van der Waals surface area contributed by atoms with Gasteiger partial charge in [-0.3, -0.25) is 14.5 Å². The molecule has 138 valence electrons. The van der Waals surface area contributed by atoms with Crippen LogP contribution < -0.4 is 9.64 Å². The van der Waals surface area contributed by atoms with Gasteiger partial charge < -0.3 is 9.84 Å². The van der Waals surface area contributed by atoms with Crippen molar-refractivity contribution in [2.75, 3.05) is 4.90 Å². The number of rotatable bonds is 4. The Morgan fingerprint density at radius 3 is 2.89 bits per heavy atom. The lowest BCUT2D eigenvalue weighted by atomic mass is 10.1. The van der Waals surface area contributed by atoms with Crippen LogP contribution >= 0.6 is 22.9 Å². The van der Waals surface area contributed by atoms with Crippen molar-refractivity contribution < 1.29 is 23.8 Å². The van der Waals surface area contributed by atoms with Gasteiger partial charge in [0.25, 0.3) is 5.91 Å². The first kappa shape index (κ1) is 17.7. The molecule has 0 bridgehead atoms. The van der Waals surface area contributed by atoms with E-state index in [1.165, 1.54) is 22.3 Å². The Hall–Kier alpha value is -2.71. The fourth-order valence-electron chi connectivity index (χ4n) is 2.91. The third-order valence-corrected chi connectivity index (χ3v) is 5.41. The molecule has 0 fully saturated rings. The highest BCUT2D eigenvalue weighted by Gasteiger charge is 2.36. The molecule has 1 aromatic heterocycles. The number of aliphatic carboxylic acids is 1. The van der Waals surface area contributed by atoms with E-state index in [9.17, 15) is 14.0 Å². The van der Waals surface area contributed by atoms with E-state index in [1.807, 2.05) is 0 Å². The summed E-state index contributed by atoms with van der Waals surface area (Å²) in [5.74, 6) is -1.80. The molecular formula is C18H12ClFN2O4S. The second-order valence-electron chi connectivity index (χ2n) is 5.91. The Balaban J connectivity index is 1.72. The van der Waals surface area contributed by atoms with Crippen molar-refractivity contribution in [2.24, 2.45) is 0 Å². The Morgan fingerprint density at radius 2 is 2.11 bits per heavy atom. The number of ether oxygens (including phenoxy) is 1. The average Bonchev–Trinajstić information content (AvgIpc) is 3.05. The summed E-state index contributed by atoms with van der Waals surface area (Å²) in [6, 6.07) is 9.98. The smallest absolute Gasteiger partial charge is 0.307 e. The summed E-state index contributed by atoms with van der Waals surface area (Å²) >= 11 is 7.04. The predicted octanol–water partition coefficient (Wildman–Crippen LogP) is 3.86. The minimum Gasteiger partial charge on any atom is -0.481 e.